The fraction of sp³-hybridized carbons (Fsp3) is 0.667. The van der Waals surface area contributed by atoms with Crippen LogP contribution in [0.25, 0.3) is 0 Å². The molecule has 0 aliphatic heterocycles. The van der Waals surface area contributed by atoms with E-state index in [0.717, 1.165) is 16.5 Å². The maximum Gasteiger partial charge on any atom is 0.306 e. The maximum absolute atomic E-state index is 11.1. The van der Waals surface area contributed by atoms with Gasteiger partial charge in [-0.1, -0.05) is 13.8 Å². The van der Waals surface area contributed by atoms with Crippen LogP contribution in [0.3, 0.4) is 0 Å². The number of thioether (sulfide) groups is 1. The van der Waals surface area contributed by atoms with E-state index in [9.17, 15) is 4.79 Å². The highest BCUT2D eigenvalue weighted by atomic mass is 32.2. The molecule has 0 aliphatic carbocycles. The van der Waals surface area contributed by atoms with Gasteiger partial charge in [0.1, 0.15) is 5.03 Å². The van der Waals surface area contributed by atoms with Gasteiger partial charge in [-0.15, -0.1) is 11.8 Å². The molecule has 0 bridgehead atoms. The minimum atomic E-state index is -0.140. The third-order valence-corrected chi connectivity index (χ3v) is 3.12. The molecule has 0 spiro atoms. The quantitative estimate of drug-likeness (QED) is 0.602. The van der Waals surface area contributed by atoms with Crippen LogP contribution in [0.5, 0.6) is 0 Å². The molecule has 0 aromatic carbocycles. The minimum Gasteiger partial charge on any atom is -0.466 e. The van der Waals surface area contributed by atoms with Crippen molar-refractivity contribution in [3.63, 3.8) is 0 Å². The molecular formula is C12H22N2O2S. The molecule has 0 aliphatic rings. The van der Waals surface area contributed by atoms with Crippen molar-refractivity contribution in [2.75, 3.05) is 12.4 Å². The molecule has 5 heteroatoms. The Morgan fingerprint density at radius 1 is 1.53 bits per heavy atom. The minimum absolute atomic E-state index is 0.140. The van der Waals surface area contributed by atoms with E-state index in [2.05, 4.69) is 4.98 Å². The number of imidazole rings is 1. The number of rotatable bonds is 5. The van der Waals surface area contributed by atoms with Gasteiger partial charge >= 0.3 is 5.97 Å². The number of carbonyl (C=O) groups excluding carboxylic acids is 1. The summed E-state index contributed by atoms with van der Waals surface area (Å²) >= 11 is 1.59. The smallest absolute Gasteiger partial charge is 0.306 e. The lowest BCUT2D eigenvalue weighted by molar-refractivity contribution is -0.142. The third-order valence-electron chi connectivity index (χ3n) is 2.04. The van der Waals surface area contributed by atoms with Gasteiger partial charge in [-0.05, 0) is 13.8 Å². The van der Waals surface area contributed by atoms with Crippen molar-refractivity contribution >= 4 is 17.7 Å². The number of ether oxygens (including phenoxy) is 1. The Morgan fingerprint density at radius 3 is 2.65 bits per heavy atom. The van der Waals surface area contributed by atoms with Crippen LogP contribution < -0.4 is 0 Å². The summed E-state index contributed by atoms with van der Waals surface area (Å²) in [7, 11) is 1.96. The first kappa shape index (κ1) is 16.0. The SMILES string of the molecule is CC.CCOC(=O)CCSc1ncn(C)c1C. The lowest BCUT2D eigenvalue weighted by Crippen LogP contribution is -2.04. The van der Waals surface area contributed by atoms with Crippen LogP contribution in [0.2, 0.25) is 0 Å². The van der Waals surface area contributed by atoms with Crippen molar-refractivity contribution in [1.29, 1.82) is 0 Å². The van der Waals surface area contributed by atoms with E-state index in [0.29, 0.717) is 13.0 Å². The van der Waals surface area contributed by atoms with Gasteiger partial charge in [-0.2, -0.15) is 0 Å². The van der Waals surface area contributed by atoms with Gasteiger partial charge in [-0.3, -0.25) is 4.79 Å². The molecule has 1 rings (SSSR count). The Labute approximate surface area is 108 Å². The number of hydrogen-bond acceptors (Lipinski definition) is 4. The molecule has 1 aromatic rings. The standard InChI is InChI=1S/C10H16N2O2S.C2H6/c1-4-14-9(13)5-6-15-10-8(2)12(3)7-11-10;1-2/h7H,4-6H2,1-3H3;1-2H3. The largest absolute Gasteiger partial charge is 0.466 e. The van der Waals surface area contributed by atoms with E-state index >= 15 is 0 Å². The zero-order valence-electron chi connectivity index (χ0n) is 11.3. The molecule has 0 N–H and O–H groups in total. The first-order chi connectivity index (χ1) is 8.15. The summed E-state index contributed by atoms with van der Waals surface area (Å²) in [6.07, 6.45) is 2.22. The van der Waals surface area contributed by atoms with Gasteiger partial charge in [0, 0.05) is 18.5 Å². The predicted molar refractivity (Wildman–Crippen MR) is 71.3 cm³/mol. The molecule has 0 unspecified atom stereocenters. The normalized spacial score (nSPS) is 9.47. The lowest BCUT2D eigenvalue weighted by atomic mass is 10.5. The molecule has 1 heterocycles. The van der Waals surface area contributed by atoms with Crippen LogP contribution in [-0.4, -0.2) is 27.9 Å². The first-order valence-electron chi connectivity index (χ1n) is 5.91. The second kappa shape index (κ2) is 9.10. The van der Waals surface area contributed by atoms with Crippen LogP contribution in [0, 0.1) is 6.92 Å². The zero-order valence-corrected chi connectivity index (χ0v) is 12.1. The Bertz CT molecular complexity index is 337. The van der Waals surface area contributed by atoms with Gasteiger partial charge in [0.25, 0.3) is 0 Å². The molecule has 4 nitrogen and oxygen atoms in total. The highest BCUT2D eigenvalue weighted by molar-refractivity contribution is 7.99. The lowest BCUT2D eigenvalue weighted by Gasteiger charge is -2.01. The Hall–Kier alpha value is -0.970. The molecule has 98 valence electrons. The van der Waals surface area contributed by atoms with E-state index in [1.807, 2.05) is 39.3 Å². The Balaban J connectivity index is 0.00000121. The fourth-order valence-corrected chi connectivity index (χ4v) is 2.01. The van der Waals surface area contributed by atoms with Crippen LogP contribution in [0.15, 0.2) is 11.4 Å². The number of hydrogen-bond donors (Lipinski definition) is 0. The molecule has 0 saturated heterocycles. The van der Waals surface area contributed by atoms with Crippen molar-refractivity contribution in [2.24, 2.45) is 7.05 Å². The second-order valence-electron chi connectivity index (χ2n) is 3.15. The highest BCUT2D eigenvalue weighted by Crippen LogP contribution is 2.20. The van der Waals surface area contributed by atoms with E-state index in [1.165, 1.54) is 0 Å². The molecular weight excluding hydrogens is 236 g/mol. The molecule has 0 fully saturated rings. The number of carbonyl (C=O) groups is 1. The van der Waals surface area contributed by atoms with E-state index in [1.54, 1.807) is 18.1 Å². The van der Waals surface area contributed by atoms with E-state index in [-0.39, 0.29) is 5.97 Å². The predicted octanol–water partition coefficient (Wildman–Crippen LogP) is 2.80. The maximum atomic E-state index is 11.1. The molecule has 0 amide bonds. The number of nitrogens with zero attached hydrogens (tertiary/aromatic N) is 2. The van der Waals surface area contributed by atoms with Crippen LogP contribution >= 0.6 is 11.8 Å². The fourth-order valence-electron chi connectivity index (χ4n) is 1.08. The topological polar surface area (TPSA) is 44.1 Å². The number of aromatic nitrogens is 2. The monoisotopic (exact) mass is 258 g/mol. The summed E-state index contributed by atoms with van der Waals surface area (Å²) in [5.74, 6) is 0.579. The van der Waals surface area contributed by atoms with Gasteiger partial charge in [0.05, 0.1) is 19.4 Å². The summed E-state index contributed by atoms with van der Waals surface area (Å²) in [6, 6.07) is 0. The van der Waals surface area contributed by atoms with E-state index < -0.39 is 0 Å². The van der Waals surface area contributed by atoms with Gasteiger partial charge in [0.15, 0.2) is 0 Å². The van der Waals surface area contributed by atoms with Gasteiger partial charge in [-0.25, -0.2) is 4.98 Å². The molecule has 0 atom stereocenters. The Kier molecular flexibility index (Phi) is 8.58. The van der Waals surface area contributed by atoms with Crippen molar-refractivity contribution in [1.82, 2.24) is 9.55 Å². The summed E-state index contributed by atoms with van der Waals surface area (Å²) in [5, 5.41) is 0.988. The summed E-state index contributed by atoms with van der Waals surface area (Å²) in [4.78, 5) is 15.3. The average molecular weight is 258 g/mol. The van der Waals surface area contributed by atoms with Crippen molar-refractivity contribution in [2.45, 2.75) is 39.1 Å². The van der Waals surface area contributed by atoms with Crippen LogP contribution in [-0.2, 0) is 16.6 Å². The Morgan fingerprint density at radius 2 is 2.18 bits per heavy atom. The van der Waals surface area contributed by atoms with E-state index in [4.69, 9.17) is 4.74 Å². The summed E-state index contributed by atoms with van der Waals surface area (Å²) < 4.78 is 6.80. The van der Waals surface area contributed by atoms with Gasteiger partial charge < -0.3 is 9.30 Å². The van der Waals surface area contributed by atoms with Crippen LogP contribution in [0.1, 0.15) is 32.9 Å². The first-order valence-corrected chi connectivity index (χ1v) is 6.90. The average Bonchev–Trinajstić information content (AvgIpc) is 2.64. The molecule has 1 aromatic heterocycles. The zero-order chi connectivity index (χ0) is 13.3. The van der Waals surface area contributed by atoms with Crippen molar-refractivity contribution in [3.8, 4) is 0 Å². The van der Waals surface area contributed by atoms with Crippen LogP contribution in [0.4, 0.5) is 0 Å². The third kappa shape index (κ3) is 5.77. The van der Waals surface area contributed by atoms with Gasteiger partial charge in [0.2, 0.25) is 0 Å². The van der Waals surface area contributed by atoms with Crippen molar-refractivity contribution < 1.29 is 9.53 Å². The second-order valence-corrected chi connectivity index (χ2v) is 4.23. The highest BCUT2D eigenvalue weighted by Gasteiger charge is 2.06. The van der Waals surface area contributed by atoms with Crippen molar-refractivity contribution in [3.05, 3.63) is 12.0 Å². The molecule has 0 saturated carbocycles. The number of aryl methyl sites for hydroxylation is 1. The molecule has 17 heavy (non-hydrogen) atoms. The molecule has 0 radical (unpaired) electrons. The summed E-state index contributed by atoms with van der Waals surface area (Å²) in [5.41, 5.74) is 1.13. The number of esters is 1. The summed E-state index contributed by atoms with van der Waals surface area (Å²) in [6.45, 7) is 8.28.